The fourth-order valence-electron chi connectivity index (χ4n) is 1.63. The highest BCUT2D eigenvalue weighted by Gasteiger charge is 2.07. The number of benzene rings is 1. The van der Waals surface area contributed by atoms with Crippen molar-refractivity contribution < 1.29 is 9.47 Å². The highest BCUT2D eigenvalue weighted by atomic mass is 16.5. The van der Waals surface area contributed by atoms with Crippen molar-refractivity contribution in [3.63, 3.8) is 0 Å². The van der Waals surface area contributed by atoms with Crippen molar-refractivity contribution in [1.29, 1.82) is 0 Å². The lowest BCUT2D eigenvalue weighted by atomic mass is 10.1. The van der Waals surface area contributed by atoms with E-state index in [4.69, 9.17) is 9.47 Å². The van der Waals surface area contributed by atoms with E-state index in [9.17, 15) is 0 Å². The van der Waals surface area contributed by atoms with Gasteiger partial charge in [0.1, 0.15) is 0 Å². The molecule has 1 unspecified atom stereocenters. The molecule has 0 fully saturated rings. The first-order chi connectivity index (χ1) is 9.06. The van der Waals surface area contributed by atoms with Gasteiger partial charge in [-0.2, -0.15) is 0 Å². The smallest absolute Gasteiger partial charge is 0.161 e. The zero-order valence-corrected chi connectivity index (χ0v) is 12.8. The molecule has 0 aliphatic rings. The molecule has 0 radical (unpaired) electrons. The average Bonchev–Trinajstić information content (AvgIpc) is 2.42. The number of nitrogens with one attached hydrogen (secondary N) is 1. The van der Waals surface area contributed by atoms with Crippen LogP contribution in [0.3, 0.4) is 0 Å². The van der Waals surface area contributed by atoms with Crippen LogP contribution in [-0.4, -0.2) is 19.8 Å². The molecule has 1 aromatic carbocycles. The summed E-state index contributed by atoms with van der Waals surface area (Å²) >= 11 is 0. The predicted molar refractivity (Wildman–Crippen MR) is 79.9 cm³/mol. The van der Waals surface area contributed by atoms with Crippen LogP contribution in [-0.2, 0) is 6.54 Å². The van der Waals surface area contributed by atoms with Crippen molar-refractivity contribution in [3.8, 4) is 11.5 Å². The quantitative estimate of drug-likeness (QED) is 0.778. The van der Waals surface area contributed by atoms with Gasteiger partial charge in [0.15, 0.2) is 11.5 Å². The van der Waals surface area contributed by atoms with Gasteiger partial charge in [-0.3, -0.25) is 0 Å². The van der Waals surface area contributed by atoms with E-state index >= 15 is 0 Å². The van der Waals surface area contributed by atoms with Crippen LogP contribution in [0.25, 0.3) is 0 Å². The Kier molecular flexibility index (Phi) is 6.71. The molecule has 1 aromatic rings. The van der Waals surface area contributed by atoms with Gasteiger partial charge in [-0.1, -0.05) is 26.8 Å². The Morgan fingerprint density at radius 2 is 1.89 bits per heavy atom. The van der Waals surface area contributed by atoms with Gasteiger partial charge in [-0.15, -0.1) is 0 Å². The summed E-state index contributed by atoms with van der Waals surface area (Å²) in [6.45, 7) is 10.2. The summed E-state index contributed by atoms with van der Waals surface area (Å²) in [6.07, 6.45) is 1.13. The zero-order valence-electron chi connectivity index (χ0n) is 12.8. The van der Waals surface area contributed by atoms with Crippen LogP contribution in [0.4, 0.5) is 0 Å². The number of hydrogen-bond donors (Lipinski definition) is 1. The fraction of sp³-hybridized carbons (Fsp3) is 0.625. The van der Waals surface area contributed by atoms with Crippen molar-refractivity contribution in [2.75, 3.05) is 13.7 Å². The lowest BCUT2D eigenvalue weighted by molar-refractivity contribution is 0.256. The van der Waals surface area contributed by atoms with E-state index in [2.05, 4.69) is 39.1 Å². The van der Waals surface area contributed by atoms with Crippen LogP contribution in [0.1, 0.15) is 39.7 Å². The molecule has 0 saturated carbocycles. The summed E-state index contributed by atoms with van der Waals surface area (Å²) in [6, 6.07) is 6.66. The van der Waals surface area contributed by atoms with Crippen LogP contribution in [0.2, 0.25) is 0 Å². The third kappa shape index (κ3) is 5.52. The van der Waals surface area contributed by atoms with Gasteiger partial charge < -0.3 is 14.8 Å². The van der Waals surface area contributed by atoms with Crippen LogP contribution in [0.5, 0.6) is 11.5 Å². The van der Waals surface area contributed by atoms with E-state index in [0.29, 0.717) is 18.6 Å². The molecule has 0 aromatic heterocycles. The first kappa shape index (κ1) is 15.8. The molecule has 0 saturated heterocycles. The Hall–Kier alpha value is -1.22. The molecule has 1 N–H and O–H groups in total. The normalized spacial score (nSPS) is 12.5. The fourth-order valence-corrected chi connectivity index (χ4v) is 1.63. The van der Waals surface area contributed by atoms with Gasteiger partial charge in [-0.25, -0.2) is 0 Å². The van der Waals surface area contributed by atoms with E-state index in [-0.39, 0.29) is 0 Å². The molecule has 0 amide bonds. The topological polar surface area (TPSA) is 30.5 Å². The molecule has 0 heterocycles. The largest absolute Gasteiger partial charge is 0.493 e. The van der Waals surface area contributed by atoms with Gasteiger partial charge in [-0.05, 0) is 37.0 Å². The lowest BCUT2D eigenvalue weighted by Gasteiger charge is -2.15. The van der Waals surface area contributed by atoms with Crippen LogP contribution < -0.4 is 14.8 Å². The summed E-state index contributed by atoms with van der Waals surface area (Å²) in [4.78, 5) is 0. The first-order valence-electron chi connectivity index (χ1n) is 7.09. The van der Waals surface area contributed by atoms with E-state index in [1.165, 1.54) is 5.56 Å². The number of methoxy groups -OCH3 is 1. The summed E-state index contributed by atoms with van der Waals surface area (Å²) < 4.78 is 11.1. The maximum atomic E-state index is 5.75. The summed E-state index contributed by atoms with van der Waals surface area (Å²) in [7, 11) is 1.68. The second-order valence-corrected chi connectivity index (χ2v) is 5.38. The minimum atomic E-state index is 0.511. The van der Waals surface area contributed by atoms with E-state index in [1.807, 2.05) is 12.1 Å². The lowest BCUT2D eigenvalue weighted by Crippen LogP contribution is -2.24. The van der Waals surface area contributed by atoms with Crippen molar-refractivity contribution in [2.24, 2.45) is 5.92 Å². The van der Waals surface area contributed by atoms with Gasteiger partial charge in [0, 0.05) is 12.6 Å². The van der Waals surface area contributed by atoms with Gasteiger partial charge in [0.25, 0.3) is 0 Å². The predicted octanol–water partition coefficient (Wildman–Crippen LogP) is 3.62. The standard InChI is InChI=1S/C16H27NO2/c1-6-13(4)17-10-14-7-8-15(16(9-14)18-5)19-11-12(2)3/h7-9,12-13,17H,6,10-11H2,1-5H3. The van der Waals surface area contributed by atoms with E-state index < -0.39 is 0 Å². The monoisotopic (exact) mass is 265 g/mol. The van der Waals surface area contributed by atoms with Crippen LogP contribution >= 0.6 is 0 Å². The first-order valence-corrected chi connectivity index (χ1v) is 7.09. The third-order valence-electron chi connectivity index (χ3n) is 3.07. The van der Waals surface area contributed by atoms with Gasteiger partial charge in [0.2, 0.25) is 0 Å². The molecule has 19 heavy (non-hydrogen) atoms. The average molecular weight is 265 g/mol. The SMILES string of the molecule is CCC(C)NCc1ccc(OCC(C)C)c(OC)c1. The second kappa shape index (κ2) is 8.05. The van der Waals surface area contributed by atoms with Crippen LogP contribution in [0.15, 0.2) is 18.2 Å². The van der Waals surface area contributed by atoms with Crippen molar-refractivity contribution in [1.82, 2.24) is 5.32 Å². The molecule has 3 nitrogen and oxygen atoms in total. The zero-order chi connectivity index (χ0) is 14.3. The number of hydrogen-bond acceptors (Lipinski definition) is 3. The summed E-state index contributed by atoms with van der Waals surface area (Å²) in [5.41, 5.74) is 1.22. The molecule has 0 spiro atoms. The third-order valence-corrected chi connectivity index (χ3v) is 3.07. The van der Waals surface area contributed by atoms with E-state index in [1.54, 1.807) is 7.11 Å². The molecular weight excluding hydrogens is 238 g/mol. The highest BCUT2D eigenvalue weighted by molar-refractivity contribution is 5.42. The van der Waals surface area contributed by atoms with Crippen LogP contribution in [0, 0.1) is 5.92 Å². The molecule has 1 atom stereocenters. The number of ether oxygens (including phenoxy) is 2. The molecule has 0 aliphatic heterocycles. The molecule has 3 heteroatoms. The van der Waals surface area contributed by atoms with Gasteiger partial charge >= 0.3 is 0 Å². The maximum absolute atomic E-state index is 5.75. The maximum Gasteiger partial charge on any atom is 0.161 e. The Morgan fingerprint density at radius 1 is 1.16 bits per heavy atom. The molecule has 0 bridgehead atoms. The number of rotatable bonds is 8. The molecule has 108 valence electrons. The Morgan fingerprint density at radius 3 is 2.47 bits per heavy atom. The van der Waals surface area contributed by atoms with E-state index in [0.717, 1.165) is 24.5 Å². The molecular formula is C16H27NO2. The minimum absolute atomic E-state index is 0.511. The van der Waals surface area contributed by atoms with Crippen molar-refractivity contribution in [3.05, 3.63) is 23.8 Å². The second-order valence-electron chi connectivity index (χ2n) is 5.38. The summed E-state index contributed by atoms with van der Waals surface area (Å²) in [5.74, 6) is 2.14. The Balaban J connectivity index is 2.66. The molecule has 0 aliphatic carbocycles. The molecule has 1 rings (SSSR count). The van der Waals surface area contributed by atoms with Crippen molar-refractivity contribution in [2.45, 2.75) is 46.7 Å². The highest BCUT2D eigenvalue weighted by Crippen LogP contribution is 2.28. The van der Waals surface area contributed by atoms with Crippen molar-refractivity contribution >= 4 is 0 Å². The Bertz CT molecular complexity index is 377. The summed E-state index contributed by atoms with van der Waals surface area (Å²) in [5, 5.41) is 3.47. The van der Waals surface area contributed by atoms with Gasteiger partial charge in [0.05, 0.1) is 13.7 Å². The minimum Gasteiger partial charge on any atom is -0.493 e. The Labute approximate surface area is 117 Å².